The van der Waals surface area contributed by atoms with Crippen LogP contribution in [0.15, 0.2) is 157 Å². The highest BCUT2D eigenvalue weighted by molar-refractivity contribution is 5.85. The Morgan fingerprint density at radius 2 is 1.48 bits per heavy atom. The van der Waals surface area contributed by atoms with Crippen LogP contribution in [0.5, 0.6) is 0 Å². The fourth-order valence-corrected chi connectivity index (χ4v) is 6.45. The predicted octanol–water partition coefficient (Wildman–Crippen LogP) is 10.3. The van der Waals surface area contributed by atoms with E-state index in [-0.39, 0.29) is 5.41 Å². The van der Waals surface area contributed by atoms with Crippen molar-refractivity contribution in [3.8, 4) is 23.5 Å². The Balaban J connectivity index is 1.79. The number of benzene rings is 4. The second kappa shape index (κ2) is 13.2. The standard InChI is InChI=1S/C42H38/c1-5-8-9-10-18-28-42(39-26-16-14-22-35(39)31-34-20-12-11-13-21-34)40-27-17-15-24-37(40)38-25-19-23-36(41(38)42)30-33(7-3)29-32(4)6-2/h2,5,7-27,29H,1,28,30-31H2,3-4H3/b9-8-,18-10-,32-29-,33-7+. The molecule has 1 unspecified atom stereocenters. The molecule has 206 valence electrons. The van der Waals surface area contributed by atoms with Crippen molar-refractivity contribution >= 4 is 0 Å². The fraction of sp³-hybridized carbons (Fsp3) is 0.143. The van der Waals surface area contributed by atoms with Crippen LogP contribution in [0.1, 0.15) is 53.6 Å². The van der Waals surface area contributed by atoms with Gasteiger partial charge in [0.1, 0.15) is 0 Å². The lowest BCUT2D eigenvalue weighted by atomic mass is 9.66. The van der Waals surface area contributed by atoms with Gasteiger partial charge in [0.25, 0.3) is 0 Å². The first-order chi connectivity index (χ1) is 20.6. The van der Waals surface area contributed by atoms with E-state index in [2.05, 4.69) is 147 Å². The first-order valence-corrected chi connectivity index (χ1v) is 14.7. The van der Waals surface area contributed by atoms with Gasteiger partial charge in [-0.15, -0.1) is 6.42 Å². The molecule has 0 aromatic heterocycles. The summed E-state index contributed by atoms with van der Waals surface area (Å²) in [6, 6.07) is 35.7. The van der Waals surface area contributed by atoms with Gasteiger partial charge >= 0.3 is 0 Å². The molecule has 4 aromatic carbocycles. The molecule has 0 N–H and O–H groups in total. The van der Waals surface area contributed by atoms with E-state index < -0.39 is 0 Å². The van der Waals surface area contributed by atoms with E-state index in [1.54, 1.807) is 0 Å². The second-order valence-corrected chi connectivity index (χ2v) is 10.9. The molecule has 0 aliphatic heterocycles. The molecule has 1 aliphatic carbocycles. The van der Waals surface area contributed by atoms with E-state index in [1.165, 1.54) is 50.1 Å². The minimum atomic E-state index is -0.351. The van der Waals surface area contributed by atoms with Gasteiger partial charge in [0, 0.05) is 0 Å². The third-order valence-electron chi connectivity index (χ3n) is 8.28. The van der Waals surface area contributed by atoms with E-state index in [9.17, 15) is 0 Å². The lowest BCUT2D eigenvalue weighted by molar-refractivity contribution is 0.631. The van der Waals surface area contributed by atoms with Crippen molar-refractivity contribution in [2.45, 2.75) is 38.5 Å². The maximum atomic E-state index is 5.74. The summed E-state index contributed by atoms with van der Waals surface area (Å²) in [6.07, 6.45) is 22.9. The van der Waals surface area contributed by atoms with Crippen LogP contribution in [0.25, 0.3) is 11.1 Å². The van der Waals surface area contributed by atoms with Gasteiger partial charge in [-0.2, -0.15) is 0 Å². The van der Waals surface area contributed by atoms with Crippen LogP contribution in [0.2, 0.25) is 0 Å². The molecular formula is C42H38. The van der Waals surface area contributed by atoms with Crippen molar-refractivity contribution < 1.29 is 0 Å². The first kappa shape index (κ1) is 28.7. The highest BCUT2D eigenvalue weighted by atomic mass is 14.5. The van der Waals surface area contributed by atoms with Gasteiger partial charge < -0.3 is 0 Å². The molecule has 0 amide bonds. The number of fused-ring (bicyclic) bond motifs is 3. The number of hydrogen-bond donors (Lipinski definition) is 0. The van der Waals surface area contributed by atoms with Gasteiger partial charge in [-0.3, -0.25) is 0 Å². The van der Waals surface area contributed by atoms with Crippen LogP contribution in [0.4, 0.5) is 0 Å². The molecule has 1 atom stereocenters. The largest absolute Gasteiger partial charge is 0.115 e. The van der Waals surface area contributed by atoms with Gasteiger partial charge in [0.15, 0.2) is 0 Å². The monoisotopic (exact) mass is 542 g/mol. The summed E-state index contributed by atoms with van der Waals surface area (Å²) in [5, 5.41) is 0. The Morgan fingerprint density at radius 1 is 0.786 bits per heavy atom. The zero-order valence-corrected chi connectivity index (χ0v) is 24.7. The zero-order chi connectivity index (χ0) is 29.4. The van der Waals surface area contributed by atoms with Crippen LogP contribution in [-0.2, 0) is 18.3 Å². The Kier molecular flexibility index (Phi) is 9.01. The van der Waals surface area contributed by atoms with Crippen molar-refractivity contribution in [2.24, 2.45) is 0 Å². The molecule has 1 aliphatic rings. The van der Waals surface area contributed by atoms with E-state index in [0.29, 0.717) is 0 Å². The van der Waals surface area contributed by atoms with Gasteiger partial charge in [0.2, 0.25) is 0 Å². The fourth-order valence-electron chi connectivity index (χ4n) is 6.45. The molecule has 0 nitrogen and oxygen atoms in total. The Hall–Kier alpha value is -4.86. The maximum Gasteiger partial charge on any atom is 0.0503 e. The third-order valence-corrected chi connectivity index (χ3v) is 8.28. The van der Waals surface area contributed by atoms with Crippen molar-refractivity contribution in [1.29, 1.82) is 0 Å². The topological polar surface area (TPSA) is 0 Å². The van der Waals surface area contributed by atoms with Gasteiger partial charge in [-0.1, -0.05) is 146 Å². The van der Waals surface area contributed by atoms with Crippen LogP contribution in [0, 0.1) is 12.3 Å². The normalized spacial score (nSPS) is 16.4. The molecule has 0 saturated carbocycles. The van der Waals surface area contributed by atoms with E-state index >= 15 is 0 Å². The van der Waals surface area contributed by atoms with Crippen LogP contribution >= 0.6 is 0 Å². The molecule has 0 radical (unpaired) electrons. The van der Waals surface area contributed by atoms with Crippen molar-refractivity contribution in [2.75, 3.05) is 0 Å². The molecule has 4 aromatic rings. The highest BCUT2D eigenvalue weighted by Gasteiger charge is 2.46. The number of allylic oxidation sites excluding steroid dienone is 9. The lowest BCUT2D eigenvalue weighted by Gasteiger charge is -2.35. The molecule has 5 rings (SSSR count). The molecular weight excluding hydrogens is 504 g/mol. The molecule has 0 spiro atoms. The average Bonchev–Trinajstić information content (AvgIpc) is 3.32. The summed E-state index contributed by atoms with van der Waals surface area (Å²) in [6.45, 7) is 7.94. The highest BCUT2D eigenvalue weighted by Crippen LogP contribution is 2.56. The van der Waals surface area contributed by atoms with Crippen LogP contribution < -0.4 is 0 Å². The number of hydrogen-bond acceptors (Lipinski definition) is 0. The minimum Gasteiger partial charge on any atom is -0.115 e. The third kappa shape index (κ3) is 5.65. The summed E-state index contributed by atoms with van der Waals surface area (Å²) >= 11 is 0. The number of rotatable bonds is 10. The quantitative estimate of drug-likeness (QED) is 0.138. The average molecular weight is 543 g/mol. The smallest absolute Gasteiger partial charge is 0.0503 e. The summed E-state index contributed by atoms with van der Waals surface area (Å²) in [7, 11) is 0. The molecule has 0 fully saturated rings. The van der Waals surface area contributed by atoms with Gasteiger partial charge in [0.05, 0.1) is 5.41 Å². The summed E-state index contributed by atoms with van der Waals surface area (Å²) in [4.78, 5) is 0. The molecule has 0 heterocycles. The van der Waals surface area contributed by atoms with Crippen molar-refractivity contribution in [1.82, 2.24) is 0 Å². The second-order valence-electron chi connectivity index (χ2n) is 10.9. The molecule has 42 heavy (non-hydrogen) atoms. The zero-order valence-electron chi connectivity index (χ0n) is 24.7. The molecule has 0 bridgehead atoms. The SMILES string of the molecule is C#C/C(C)=C\C(=C/C)Cc1cccc2c1C(C/C=C\C=C/C=C)(c1ccccc1Cc1ccccc1)c1ccccc1-2. The summed E-state index contributed by atoms with van der Waals surface area (Å²) in [5.41, 5.74) is 12.6. The Labute approximate surface area is 252 Å². The Morgan fingerprint density at radius 3 is 2.24 bits per heavy atom. The predicted molar refractivity (Wildman–Crippen MR) is 181 cm³/mol. The Bertz CT molecular complexity index is 1730. The van der Waals surface area contributed by atoms with Gasteiger partial charge in [-0.25, -0.2) is 0 Å². The van der Waals surface area contributed by atoms with E-state index in [1.807, 2.05) is 19.1 Å². The minimum absolute atomic E-state index is 0.351. The molecule has 0 heteroatoms. The first-order valence-electron chi connectivity index (χ1n) is 14.7. The van der Waals surface area contributed by atoms with Gasteiger partial charge in [-0.05, 0) is 94.8 Å². The summed E-state index contributed by atoms with van der Waals surface area (Å²) in [5.74, 6) is 2.80. The lowest BCUT2D eigenvalue weighted by Crippen LogP contribution is -2.29. The maximum absolute atomic E-state index is 5.74. The number of terminal acetylenes is 1. The van der Waals surface area contributed by atoms with Crippen molar-refractivity contribution in [3.63, 3.8) is 0 Å². The van der Waals surface area contributed by atoms with E-state index in [4.69, 9.17) is 6.42 Å². The van der Waals surface area contributed by atoms with Crippen LogP contribution in [0.3, 0.4) is 0 Å². The van der Waals surface area contributed by atoms with E-state index in [0.717, 1.165) is 24.8 Å². The van der Waals surface area contributed by atoms with Crippen molar-refractivity contribution in [3.05, 3.63) is 191 Å². The summed E-state index contributed by atoms with van der Waals surface area (Å²) < 4.78 is 0. The molecule has 0 saturated heterocycles. The van der Waals surface area contributed by atoms with Crippen LogP contribution in [-0.4, -0.2) is 0 Å².